The monoisotopic (exact) mass is 498 g/mol. The largest absolute Gasteiger partial charge is 0.507 e. The number of hydrogen-bond donors (Lipinski definition) is 1. The molecule has 1 unspecified atom stereocenters. The smallest absolute Gasteiger partial charge is 0.310 e. The molecule has 2 aliphatic heterocycles. The van der Waals surface area contributed by atoms with E-state index in [2.05, 4.69) is 4.98 Å². The molecule has 0 radical (unpaired) electrons. The van der Waals surface area contributed by atoms with Crippen LogP contribution in [0.5, 0.6) is 5.75 Å². The van der Waals surface area contributed by atoms with Gasteiger partial charge in [0.2, 0.25) is 0 Å². The van der Waals surface area contributed by atoms with Gasteiger partial charge in [-0.3, -0.25) is 24.3 Å². The summed E-state index contributed by atoms with van der Waals surface area (Å²) in [6.07, 6.45) is 3.75. The number of benzene rings is 2. The lowest BCUT2D eigenvalue weighted by Gasteiger charge is -2.25. The van der Waals surface area contributed by atoms with Gasteiger partial charge in [0.1, 0.15) is 11.5 Å². The quantitative estimate of drug-likeness (QED) is 0.236. The zero-order valence-corrected chi connectivity index (χ0v) is 20.5. The van der Waals surface area contributed by atoms with Gasteiger partial charge in [-0.15, -0.1) is 0 Å². The van der Waals surface area contributed by atoms with Crippen molar-refractivity contribution in [3.8, 4) is 5.75 Å². The molecule has 5 rings (SSSR count). The molecule has 2 aromatic carbocycles. The van der Waals surface area contributed by atoms with Gasteiger partial charge in [-0.25, -0.2) is 0 Å². The number of ether oxygens (including phenoxy) is 2. The molecule has 1 aromatic heterocycles. The van der Waals surface area contributed by atoms with Crippen molar-refractivity contribution in [1.82, 2.24) is 4.98 Å². The normalized spacial score (nSPS) is 18.1. The van der Waals surface area contributed by atoms with Crippen molar-refractivity contribution in [2.45, 2.75) is 38.8 Å². The molecule has 188 valence electrons. The van der Waals surface area contributed by atoms with Crippen LogP contribution in [0.25, 0.3) is 5.76 Å². The second kappa shape index (κ2) is 9.89. The molecule has 0 aliphatic carbocycles. The predicted molar refractivity (Wildman–Crippen MR) is 136 cm³/mol. The molecule has 1 saturated heterocycles. The predicted octanol–water partition coefficient (Wildman–Crippen LogP) is 4.14. The number of aliphatic hydroxyl groups is 1. The Balaban J connectivity index is 1.55. The summed E-state index contributed by atoms with van der Waals surface area (Å²) in [5.41, 5.74) is 3.11. The fourth-order valence-corrected chi connectivity index (χ4v) is 4.69. The highest BCUT2D eigenvalue weighted by atomic mass is 16.5. The van der Waals surface area contributed by atoms with Crippen molar-refractivity contribution in [3.63, 3.8) is 0 Å². The van der Waals surface area contributed by atoms with Crippen LogP contribution in [0.3, 0.4) is 0 Å². The number of hydrogen-bond acceptors (Lipinski definition) is 7. The lowest BCUT2D eigenvalue weighted by atomic mass is 9.95. The number of ketones is 1. The minimum atomic E-state index is -0.880. The zero-order chi connectivity index (χ0) is 26.1. The highest BCUT2D eigenvalue weighted by molar-refractivity contribution is 6.51. The van der Waals surface area contributed by atoms with Crippen LogP contribution >= 0.6 is 0 Å². The van der Waals surface area contributed by atoms with Crippen molar-refractivity contribution in [3.05, 3.63) is 94.8 Å². The van der Waals surface area contributed by atoms with Crippen LogP contribution in [0, 0.1) is 0 Å². The average molecular weight is 499 g/mol. The summed E-state index contributed by atoms with van der Waals surface area (Å²) in [6.45, 7) is 4.13. The average Bonchev–Trinajstić information content (AvgIpc) is 3.46. The molecular formula is C29H26N2O6. The first-order chi connectivity index (χ1) is 17.8. The molecule has 1 amide bonds. The Labute approximate surface area is 214 Å². The number of carbonyl (C=O) groups excluding carboxylic acids is 3. The Morgan fingerprint density at radius 3 is 2.65 bits per heavy atom. The summed E-state index contributed by atoms with van der Waals surface area (Å²) in [5, 5.41) is 11.3. The van der Waals surface area contributed by atoms with E-state index in [0.29, 0.717) is 35.4 Å². The Kier molecular flexibility index (Phi) is 6.48. The highest BCUT2D eigenvalue weighted by Crippen LogP contribution is 2.42. The Morgan fingerprint density at radius 2 is 1.95 bits per heavy atom. The fourth-order valence-electron chi connectivity index (χ4n) is 4.69. The molecule has 3 heterocycles. The van der Waals surface area contributed by atoms with Crippen LogP contribution in [-0.4, -0.2) is 40.5 Å². The minimum Gasteiger partial charge on any atom is -0.507 e. The number of Topliss-reactive ketones (excluding diaryl/α,β-unsaturated/α-hetero) is 1. The van der Waals surface area contributed by atoms with Gasteiger partial charge in [-0.2, -0.15) is 0 Å². The fraction of sp³-hybridized carbons (Fsp3) is 0.241. The van der Waals surface area contributed by atoms with Gasteiger partial charge >= 0.3 is 5.97 Å². The topological polar surface area (TPSA) is 106 Å². The number of carbonyl (C=O) groups is 3. The summed E-state index contributed by atoms with van der Waals surface area (Å²) in [6, 6.07) is 14.6. The number of fused-ring (bicyclic) bond motifs is 1. The van der Waals surface area contributed by atoms with E-state index in [0.717, 1.165) is 11.3 Å². The highest BCUT2D eigenvalue weighted by Gasteiger charge is 2.47. The van der Waals surface area contributed by atoms with Crippen LogP contribution in [0.4, 0.5) is 5.69 Å². The van der Waals surface area contributed by atoms with E-state index in [-0.39, 0.29) is 29.8 Å². The van der Waals surface area contributed by atoms with Gasteiger partial charge < -0.3 is 14.6 Å². The summed E-state index contributed by atoms with van der Waals surface area (Å²) in [7, 11) is 0. The SMILES string of the molecule is CC(C)OC(=O)Cc1ccc(N2C(=O)C(=O)/C(=C(\O)c3ccc4c(c3)CCO4)C2c2cccnc2)cc1. The summed E-state index contributed by atoms with van der Waals surface area (Å²) in [4.78, 5) is 44.2. The number of rotatable bonds is 6. The second-order valence-corrected chi connectivity index (χ2v) is 9.26. The molecule has 8 heteroatoms. The van der Waals surface area contributed by atoms with E-state index < -0.39 is 17.7 Å². The van der Waals surface area contributed by atoms with E-state index >= 15 is 0 Å². The van der Waals surface area contributed by atoms with Crippen molar-refractivity contribution in [2.24, 2.45) is 0 Å². The first kappa shape index (κ1) is 24.2. The van der Waals surface area contributed by atoms with Gasteiger partial charge in [0, 0.05) is 30.1 Å². The number of esters is 1. The van der Waals surface area contributed by atoms with Crippen molar-refractivity contribution >= 4 is 29.1 Å². The second-order valence-electron chi connectivity index (χ2n) is 9.26. The molecule has 1 N–H and O–H groups in total. The van der Waals surface area contributed by atoms with Crippen molar-refractivity contribution < 1.29 is 29.0 Å². The molecule has 1 atom stereocenters. The number of aromatic nitrogens is 1. The van der Waals surface area contributed by atoms with E-state index in [4.69, 9.17) is 9.47 Å². The Bertz CT molecular complexity index is 1400. The van der Waals surface area contributed by atoms with Gasteiger partial charge in [-0.1, -0.05) is 18.2 Å². The molecule has 0 bridgehead atoms. The first-order valence-electron chi connectivity index (χ1n) is 12.1. The zero-order valence-electron chi connectivity index (χ0n) is 20.5. The molecule has 8 nitrogen and oxygen atoms in total. The maximum absolute atomic E-state index is 13.3. The van der Waals surface area contributed by atoms with E-state index in [1.54, 1.807) is 80.8 Å². The molecular weight excluding hydrogens is 472 g/mol. The lowest BCUT2D eigenvalue weighted by Crippen LogP contribution is -2.29. The maximum Gasteiger partial charge on any atom is 0.310 e. The number of aliphatic hydroxyl groups excluding tert-OH is 1. The van der Waals surface area contributed by atoms with E-state index in [1.807, 2.05) is 0 Å². The molecule has 1 fully saturated rings. The minimum absolute atomic E-state index is 0.0125. The van der Waals surface area contributed by atoms with Crippen LogP contribution in [-0.2, 0) is 32.0 Å². The molecule has 0 saturated carbocycles. The number of pyridine rings is 1. The standard InChI is InChI=1S/C29H26N2O6/c1-17(2)37-24(32)14-18-5-8-22(9-6-18)31-26(21-4-3-12-30-16-21)25(28(34)29(31)35)27(33)20-7-10-23-19(15-20)11-13-36-23/h3-10,12,15-17,26,33H,11,13-14H2,1-2H3/b27-25-. The molecule has 3 aromatic rings. The van der Waals surface area contributed by atoms with Crippen LogP contribution in [0.2, 0.25) is 0 Å². The summed E-state index contributed by atoms with van der Waals surface area (Å²) >= 11 is 0. The lowest BCUT2D eigenvalue weighted by molar-refractivity contribution is -0.146. The van der Waals surface area contributed by atoms with Gasteiger partial charge in [-0.05, 0) is 66.9 Å². The number of anilines is 1. The van der Waals surface area contributed by atoms with E-state index in [9.17, 15) is 19.5 Å². The Morgan fingerprint density at radius 1 is 1.16 bits per heavy atom. The van der Waals surface area contributed by atoms with Crippen molar-refractivity contribution in [2.75, 3.05) is 11.5 Å². The molecule has 37 heavy (non-hydrogen) atoms. The van der Waals surface area contributed by atoms with Crippen molar-refractivity contribution in [1.29, 1.82) is 0 Å². The number of amides is 1. The Hall–Kier alpha value is -4.46. The third kappa shape index (κ3) is 4.70. The summed E-state index contributed by atoms with van der Waals surface area (Å²) < 4.78 is 10.8. The number of nitrogens with zero attached hydrogens (tertiary/aromatic N) is 2. The molecule has 0 spiro atoms. The van der Waals surface area contributed by atoms with Gasteiger partial charge in [0.05, 0.1) is 30.7 Å². The van der Waals surface area contributed by atoms with Crippen LogP contribution in [0.15, 0.2) is 72.6 Å². The van der Waals surface area contributed by atoms with Crippen LogP contribution < -0.4 is 9.64 Å². The molecule has 2 aliphatic rings. The maximum atomic E-state index is 13.3. The van der Waals surface area contributed by atoms with E-state index in [1.165, 1.54) is 4.90 Å². The summed E-state index contributed by atoms with van der Waals surface area (Å²) in [5.74, 6) is -1.39. The first-order valence-corrected chi connectivity index (χ1v) is 12.1. The van der Waals surface area contributed by atoms with Gasteiger partial charge in [0.15, 0.2) is 0 Å². The van der Waals surface area contributed by atoms with Gasteiger partial charge in [0.25, 0.3) is 11.7 Å². The third-order valence-corrected chi connectivity index (χ3v) is 6.34. The van der Waals surface area contributed by atoms with Crippen LogP contribution in [0.1, 0.15) is 42.1 Å². The third-order valence-electron chi connectivity index (χ3n) is 6.34.